The third kappa shape index (κ3) is 3.39. The van der Waals surface area contributed by atoms with Crippen LogP contribution in [-0.4, -0.2) is 29.7 Å². The molecule has 1 aromatic heterocycles. The Kier molecular flexibility index (Phi) is 4.77. The molecule has 1 atom stereocenters. The normalized spacial score (nSPS) is 32.3. The number of nitrogens with zero attached hydrogens (tertiary/aromatic N) is 1. The Morgan fingerprint density at radius 1 is 1.22 bits per heavy atom. The summed E-state index contributed by atoms with van der Waals surface area (Å²) < 4.78 is 10.3. The van der Waals surface area contributed by atoms with Gasteiger partial charge in [0.05, 0.1) is 5.69 Å². The lowest BCUT2D eigenvalue weighted by Crippen LogP contribution is -2.56. The van der Waals surface area contributed by atoms with Crippen LogP contribution in [0.25, 0.3) is 0 Å². The molecule has 0 radical (unpaired) electrons. The lowest BCUT2D eigenvalue weighted by molar-refractivity contribution is -0.128. The van der Waals surface area contributed by atoms with Crippen molar-refractivity contribution >= 4 is 11.9 Å². The molecule has 1 aromatic rings. The van der Waals surface area contributed by atoms with E-state index in [1.165, 1.54) is 38.5 Å². The molecule has 0 saturated heterocycles. The van der Waals surface area contributed by atoms with Crippen molar-refractivity contribution in [1.29, 1.82) is 0 Å². The molecule has 1 amide bonds. The van der Waals surface area contributed by atoms with Crippen molar-refractivity contribution in [2.45, 2.75) is 71.8 Å². The van der Waals surface area contributed by atoms with Crippen molar-refractivity contribution in [1.82, 2.24) is 10.5 Å². The van der Waals surface area contributed by atoms with Crippen LogP contribution in [0.5, 0.6) is 0 Å². The second-order valence-corrected chi connectivity index (χ2v) is 9.06. The number of esters is 1. The molecule has 1 N–H and O–H groups in total. The topological polar surface area (TPSA) is 81.4 Å². The second kappa shape index (κ2) is 6.95. The summed E-state index contributed by atoms with van der Waals surface area (Å²) in [7, 11) is 0. The lowest BCUT2D eigenvalue weighted by Gasteiger charge is -2.59. The van der Waals surface area contributed by atoms with Gasteiger partial charge in [-0.2, -0.15) is 0 Å². The summed E-state index contributed by atoms with van der Waals surface area (Å²) in [6.07, 6.45) is 8.44. The molecule has 4 bridgehead atoms. The van der Waals surface area contributed by atoms with Crippen LogP contribution < -0.4 is 5.32 Å². The van der Waals surface area contributed by atoms with Crippen LogP contribution in [0.1, 0.15) is 74.2 Å². The number of carbonyl (C=O) groups is 2. The van der Waals surface area contributed by atoms with Crippen molar-refractivity contribution in [3.63, 3.8) is 0 Å². The second-order valence-electron chi connectivity index (χ2n) is 9.06. The number of aryl methyl sites for hydroxylation is 2. The molecular formula is C21H30N2O4. The molecule has 0 spiro atoms. The highest BCUT2D eigenvalue weighted by atomic mass is 16.5. The van der Waals surface area contributed by atoms with Crippen molar-refractivity contribution in [2.75, 3.05) is 6.61 Å². The van der Waals surface area contributed by atoms with Gasteiger partial charge in [-0.1, -0.05) is 12.1 Å². The highest BCUT2D eigenvalue weighted by molar-refractivity contribution is 5.93. The molecule has 148 valence electrons. The fourth-order valence-electron chi connectivity index (χ4n) is 6.27. The van der Waals surface area contributed by atoms with Crippen molar-refractivity contribution < 1.29 is 18.8 Å². The number of ether oxygens (including phenoxy) is 1. The van der Waals surface area contributed by atoms with Gasteiger partial charge in [-0.05, 0) is 82.0 Å². The minimum absolute atomic E-state index is 0.126. The monoisotopic (exact) mass is 374 g/mol. The third-order valence-electron chi connectivity index (χ3n) is 7.19. The van der Waals surface area contributed by atoms with E-state index in [-0.39, 0.29) is 24.0 Å². The number of rotatable bonds is 6. The van der Waals surface area contributed by atoms with Crippen LogP contribution in [-0.2, 0) is 16.0 Å². The number of hydrogen-bond acceptors (Lipinski definition) is 5. The number of carbonyl (C=O) groups excluding carboxylic acids is 2. The Balaban J connectivity index is 1.33. The van der Waals surface area contributed by atoms with Gasteiger partial charge in [-0.3, -0.25) is 4.79 Å². The summed E-state index contributed by atoms with van der Waals surface area (Å²) in [5.74, 6) is 2.20. The Labute approximate surface area is 160 Å². The van der Waals surface area contributed by atoms with Crippen LogP contribution in [0.4, 0.5) is 0 Å². The summed E-state index contributed by atoms with van der Waals surface area (Å²) in [5, 5.41) is 6.99. The molecule has 27 heavy (non-hydrogen) atoms. The van der Waals surface area contributed by atoms with E-state index in [0.717, 1.165) is 17.8 Å². The zero-order valence-electron chi connectivity index (χ0n) is 16.5. The van der Waals surface area contributed by atoms with Gasteiger partial charge in [0.2, 0.25) is 0 Å². The first-order valence-electron chi connectivity index (χ1n) is 10.3. The van der Waals surface area contributed by atoms with Crippen LogP contribution in [0, 0.1) is 30.1 Å². The molecule has 4 aliphatic carbocycles. The highest BCUT2D eigenvalue weighted by Gasteiger charge is 2.53. The standard InChI is InChI=1S/C21H30N2O4/c1-4-17-19(12(2)27-23-17)20(25)26-11-18(24)22-13(3)21-8-14-5-15(9-21)7-16(6-14)10-21/h13-16H,4-11H2,1-3H3,(H,22,24)/t13-,14?,15?,16?,21?/m1/s1. The van der Waals surface area contributed by atoms with Gasteiger partial charge in [-0.25, -0.2) is 4.79 Å². The quantitative estimate of drug-likeness (QED) is 0.772. The molecule has 6 heteroatoms. The minimum Gasteiger partial charge on any atom is -0.452 e. The van der Waals surface area contributed by atoms with Gasteiger partial charge in [-0.15, -0.1) is 0 Å². The number of hydrogen-bond donors (Lipinski definition) is 1. The van der Waals surface area contributed by atoms with E-state index in [0.29, 0.717) is 23.4 Å². The van der Waals surface area contributed by atoms with Crippen LogP contribution >= 0.6 is 0 Å². The van der Waals surface area contributed by atoms with E-state index in [1.54, 1.807) is 6.92 Å². The minimum atomic E-state index is -0.539. The van der Waals surface area contributed by atoms with Crippen molar-refractivity contribution in [3.8, 4) is 0 Å². The number of nitrogens with one attached hydrogen (secondary N) is 1. The molecular weight excluding hydrogens is 344 g/mol. The fourth-order valence-corrected chi connectivity index (χ4v) is 6.27. The lowest BCUT2D eigenvalue weighted by atomic mass is 9.48. The molecule has 0 unspecified atom stereocenters. The van der Waals surface area contributed by atoms with Crippen LogP contribution in [0.3, 0.4) is 0 Å². The molecule has 1 heterocycles. The highest BCUT2D eigenvalue weighted by Crippen LogP contribution is 2.61. The number of amides is 1. The van der Waals surface area contributed by atoms with Crippen LogP contribution in [0.2, 0.25) is 0 Å². The average molecular weight is 374 g/mol. The van der Waals surface area contributed by atoms with E-state index in [4.69, 9.17) is 9.26 Å². The summed E-state index contributed by atoms with van der Waals surface area (Å²) >= 11 is 0. The van der Waals surface area contributed by atoms with Gasteiger partial charge in [0.15, 0.2) is 6.61 Å². The van der Waals surface area contributed by atoms with E-state index < -0.39 is 5.97 Å². The zero-order valence-corrected chi connectivity index (χ0v) is 16.5. The molecule has 5 rings (SSSR count). The van der Waals surface area contributed by atoms with Gasteiger partial charge < -0.3 is 14.6 Å². The van der Waals surface area contributed by atoms with Gasteiger partial charge in [0, 0.05) is 6.04 Å². The molecule has 4 fully saturated rings. The maximum absolute atomic E-state index is 12.4. The predicted molar refractivity (Wildman–Crippen MR) is 99.1 cm³/mol. The smallest absolute Gasteiger partial charge is 0.344 e. The molecule has 4 saturated carbocycles. The SMILES string of the molecule is CCc1noc(C)c1C(=O)OCC(=O)N[C@H](C)C12CC3CC(CC(C3)C1)C2. The van der Waals surface area contributed by atoms with E-state index in [2.05, 4.69) is 17.4 Å². The maximum Gasteiger partial charge on any atom is 0.344 e. The van der Waals surface area contributed by atoms with Gasteiger partial charge >= 0.3 is 5.97 Å². The largest absolute Gasteiger partial charge is 0.452 e. The van der Waals surface area contributed by atoms with Crippen molar-refractivity contribution in [3.05, 3.63) is 17.0 Å². The first kappa shape index (κ1) is 18.5. The van der Waals surface area contributed by atoms with Crippen molar-refractivity contribution in [2.24, 2.45) is 23.2 Å². The average Bonchev–Trinajstić information content (AvgIpc) is 2.99. The Bertz CT molecular complexity index is 703. The Hall–Kier alpha value is -1.85. The zero-order chi connectivity index (χ0) is 19.2. The molecule has 0 aliphatic heterocycles. The summed E-state index contributed by atoms with van der Waals surface area (Å²) in [6, 6.07) is 0.126. The maximum atomic E-state index is 12.4. The van der Waals surface area contributed by atoms with Gasteiger partial charge in [0.1, 0.15) is 11.3 Å². The molecule has 6 nitrogen and oxygen atoms in total. The Morgan fingerprint density at radius 3 is 2.37 bits per heavy atom. The third-order valence-corrected chi connectivity index (χ3v) is 7.19. The summed E-state index contributed by atoms with van der Waals surface area (Å²) in [6.45, 7) is 5.45. The summed E-state index contributed by atoms with van der Waals surface area (Å²) in [4.78, 5) is 24.7. The first-order valence-corrected chi connectivity index (χ1v) is 10.3. The first-order chi connectivity index (χ1) is 12.9. The van der Waals surface area contributed by atoms with E-state index in [9.17, 15) is 9.59 Å². The van der Waals surface area contributed by atoms with E-state index >= 15 is 0 Å². The summed E-state index contributed by atoms with van der Waals surface area (Å²) in [5.41, 5.74) is 1.16. The Morgan fingerprint density at radius 2 is 1.81 bits per heavy atom. The predicted octanol–water partition coefficient (Wildman–Crippen LogP) is 3.42. The van der Waals surface area contributed by atoms with E-state index in [1.807, 2.05) is 6.92 Å². The molecule has 4 aliphatic rings. The fraction of sp³-hybridized carbons (Fsp3) is 0.762. The molecule has 0 aromatic carbocycles. The van der Waals surface area contributed by atoms with Crippen LogP contribution in [0.15, 0.2) is 4.52 Å². The number of aromatic nitrogens is 1. The van der Waals surface area contributed by atoms with Gasteiger partial charge in [0.25, 0.3) is 5.91 Å².